The Morgan fingerprint density at radius 3 is 2.53 bits per heavy atom. The monoisotopic (exact) mass is 710 g/mol. The third kappa shape index (κ3) is 7.82. The molecule has 0 aliphatic carbocycles. The molecule has 7 nitrogen and oxygen atoms in total. The van der Waals surface area contributed by atoms with Crippen molar-refractivity contribution in [1.82, 2.24) is 5.32 Å². The van der Waals surface area contributed by atoms with E-state index in [9.17, 15) is 4.79 Å². The van der Waals surface area contributed by atoms with Gasteiger partial charge in [-0.3, -0.25) is 4.79 Å². The van der Waals surface area contributed by atoms with Crippen LogP contribution in [0.2, 0.25) is 10.0 Å². The van der Waals surface area contributed by atoms with Crippen LogP contribution in [0.15, 0.2) is 100 Å². The number of halogens is 3. The molecule has 0 saturated carbocycles. The molecule has 1 heterocycles. The Kier molecular flexibility index (Phi) is 11.0. The molecule has 2 N–H and O–H groups in total. The average molecular weight is 712 g/mol. The molecule has 4 aromatic carbocycles. The van der Waals surface area contributed by atoms with Crippen LogP contribution in [-0.4, -0.2) is 49.3 Å². The maximum absolute atomic E-state index is 14.5. The fraction of sp³-hybridized carbons (Fsp3) is 0.257. The van der Waals surface area contributed by atoms with E-state index >= 15 is 0 Å². The number of hydrogen-bond acceptors (Lipinski definition) is 6. The van der Waals surface area contributed by atoms with E-state index in [0.29, 0.717) is 59.0 Å². The molecule has 1 aliphatic rings. The molecule has 234 valence electrons. The van der Waals surface area contributed by atoms with E-state index in [1.54, 1.807) is 19.2 Å². The number of nitrogens with one attached hydrogen (secondary N) is 1. The average Bonchev–Trinajstić information content (AvgIpc) is 3.44. The lowest BCUT2D eigenvalue weighted by Crippen LogP contribution is -2.50. The van der Waals surface area contributed by atoms with Crippen LogP contribution in [0, 0.1) is 0 Å². The Bertz CT molecular complexity index is 1670. The molecule has 5 rings (SSSR count). The summed E-state index contributed by atoms with van der Waals surface area (Å²) in [5, 5.41) is 13.3. The molecule has 0 bridgehead atoms. The number of rotatable bonds is 13. The number of benzene rings is 4. The highest BCUT2D eigenvalue weighted by atomic mass is 79.9. The summed E-state index contributed by atoms with van der Waals surface area (Å²) in [6.07, 6.45) is 0.535. The quantitative estimate of drug-likeness (QED) is 0.141. The van der Waals surface area contributed by atoms with E-state index in [4.69, 9.17) is 47.5 Å². The van der Waals surface area contributed by atoms with Crippen LogP contribution in [0.25, 0.3) is 0 Å². The molecule has 10 heteroatoms. The van der Waals surface area contributed by atoms with Crippen molar-refractivity contribution in [2.24, 2.45) is 4.99 Å². The van der Waals surface area contributed by atoms with Gasteiger partial charge in [-0.1, -0.05) is 75.5 Å². The molecule has 0 spiro atoms. The summed E-state index contributed by atoms with van der Waals surface area (Å²) >= 11 is 16.2. The molecule has 4 aromatic rings. The van der Waals surface area contributed by atoms with E-state index in [2.05, 4.69) is 21.2 Å². The largest absolute Gasteiger partial charge is 0.497 e. The number of hydrogen-bond donors (Lipinski definition) is 2. The van der Waals surface area contributed by atoms with Crippen molar-refractivity contribution >= 4 is 50.9 Å². The molecule has 1 aliphatic heterocycles. The van der Waals surface area contributed by atoms with Crippen molar-refractivity contribution < 1.29 is 24.1 Å². The third-order valence-corrected chi connectivity index (χ3v) is 8.90. The molecule has 1 amide bonds. The van der Waals surface area contributed by atoms with Crippen molar-refractivity contribution in [2.75, 3.05) is 26.9 Å². The predicted molar refractivity (Wildman–Crippen MR) is 181 cm³/mol. The van der Waals surface area contributed by atoms with Crippen LogP contribution in [-0.2, 0) is 22.4 Å². The first-order valence-electron chi connectivity index (χ1n) is 14.5. The summed E-state index contributed by atoms with van der Waals surface area (Å²) in [5.41, 5.74) is 1.86. The van der Waals surface area contributed by atoms with Gasteiger partial charge in [-0.15, -0.1) is 0 Å². The lowest BCUT2D eigenvalue weighted by Gasteiger charge is -2.31. The van der Waals surface area contributed by atoms with Gasteiger partial charge in [0.2, 0.25) is 5.90 Å². The SMILES string of the molecule is COc1cccc([C@H]2OC(c3ccc(OCCCO)cc3)=N[C@@]2(Cc2ccccc2Br)C(=O)NCCc2ccc(Cl)cc2Cl)c1. The van der Waals surface area contributed by atoms with E-state index in [-0.39, 0.29) is 18.9 Å². The van der Waals surface area contributed by atoms with E-state index in [1.165, 1.54) is 0 Å². The van der Waals surface area contributed by atoms with Crippen LogP contribution < -0.4 is 14.8 Å². The second-order valence-corrected chi connectivity index (χ2v) is 12.3. The number of aliphatic hydroxyl groups is 1. The summed E-state index contributed by atoms with van der Waals surface area (Å²) in [6, 6.07) is 28.0. The Morgan fingerprint density at radius 2 is 1.80 bits per heavy atom. The van der Waals surface area contributed by atoms with Gasteiger partial charge in [0.25, 0.3) is 5.91 Å². The van der Waals surface area contributed by atoms with Gasteiger partial charge in [0.15, 0.2) is 11.6 Å². The number of carbonyl (C=O) groups is 1. The van der Waals surface area contributed by atoms with Gasteiger partial charge in [-0.2, -0.15) is 0 Å². The second kappa shape index (κ2) is 15.1. The molecule has 2 atom stereocenters. The molecule has 0 radical (unpaired) electrons. The van der Waals surface area contributed by atoms with Crippen LogP contribution >= 0.6 is 39.1 Å². The number of amides is 1. The molecule has 0 fully saturated rings. The van der Waals surface area contributed by atoms with E-state index in [1.807, 2.05) is 78.9 Å². The molecule has 0 aromatic heterocycles. The number of nitrogens with zero attached hydrogens (tertiary/aromatic N) is 1. The maximum Gasteiger partial charge on any atom is 0.252 e. The fourth-order valence-corrected chi connectivity index (χ4v) is 6.14. The van der Waals surface area contributed by atoms with Crippen molar-refractivity contribution in [3.8, 4) is 11.5 Å². The first-order chi connectivity index (χ1) is 21.8. The van der Waals surface area contributed by atoms with E-state index < -0.39 is 11.6 Å². The van der Waals surface area contributed by atoms with Gasteiger partial charge in [-0.05, 0) is 77.7 Å². The van der Waals surface area contributed by atoms with Gasteiger partial charge < -0.3 is 24.6 Å². The number of aliphatic imine (C=N–C) groups is 1. The third-order valence-electron chi connectivity index (χ3n) is 7.54. The van der Waals surface area contributed by atoms with Crippen LogP contribution in [0.5, 0.6) is 11.5 Å². The van der Waals surface area contributed by atoms with Crippen LogP contribution in [0.1, 0.15) is 34.8 Å². The molecule has 0 saturated heterocycles. The predicted octanol–water partition coefficient (Wildman–Crippen LogP) is 7.38. The lowest BCUT2D eigenvalue weighted by molar-refractivity contribution is -0.128. The van der Waals surface area contributed by atoms with Gasteiger partial charge in [-0.25, -0.2) is 4.99 Å². The smallest absolute Gasteiger partial charge is 0.252 e. The summed E-state index contributed by atoms with van der Waals surface area (Å²) < 4.78 is 18.7. The molecular weight excluding hydrogens is 679 g/mol. The minimum Gasteiger partial charge on any atom is -0.497 e. The summed E-state index contributed by atoms with van der Waals surface area (Å²) in [6.45, 7) is 0.790. The highest BCUT2D eigenvalue weighted by Gasteiger charge is 2.53. The van der Waals surface area contributed by atoms with Crippen LogP contribution in [0.4, 0.5) is 0 Å². The van der Waals surface area contributed by atoms with Crippen LogP contribution in [0.3, 0.4) is 0 Å². The maximum atomic E-state index is 14.5. The number of ether oxygens (including phenoxy) is 3. The molecule has 0 unspecified atom stereocenters. The number of methoxy groups -OCH3 is 1. The zero-order chi connectivity index (χ0) is 31.8. The van der Waals surface area contributed by atoms with Gasteiger partial charge in [0.05, 0.1) is 13.7 Å². The normalized spacial score (nSPS) is 17.4. The first-order valence-corrected chi connectivity index (χ1v) is 16.1. The second-order valence-electron chi connectivity index (χ2n) is 10.6. The summed E-state index contributed by atoms with van der Waals surface area (Å²) in [5.74, 6) is 1.36. The zero-order valence-electron chi connectivity index (χ0n) is 24.6. The summed E-state index contributed by atoms with van der Waals surface area (Å²) in [4.78, 5) is 19.6. The van der Waals surface area contributed by atoms with Crippen molar-refractivity contribution in [2.45, 2.75) is 30.9 Å². The Hall–Kier alpha value is -3.56. The Morgan fingerprint density at radius 1 is 1.00 bits per heavy atom. The Labute approximate surface area is 281 Å². The minimum absolute atomic E-state index is 0.0583. The van der Waals surface area contributed by atoms with Gasteiger partial charge in [0.1, 0.15) is 11.5 Å². The standard InChI is InChI=1S/C35H33BrCl2N2O5/c1-43-29-8-4-7-25(20-29)32-35(22-26-6-2-3-9-30(26)36,34(42)39-17-16-23-10-13-27(37)21-31(23)38)40-33(45-32)24-11-14-28(15-12-24)44-19-5-18-41/h2-4,6-15,20-21,32,41H,5,16-19,22H2,1H3,(H,39,42)/t32-,35-/m1/s1. The summed E-state index contributed by atoms with van der Waals surface area (Å²) in [7, 11) is 1.60. The van der Waals surface area contributed by atoms with Gasteiger partial charge in [0, 0.05) is 46.1 Å². The lowest BCUT2D eigenvalue weighted by atomic mass is 9.82. The Balaban J connectivity index is 1.54. The van der Waals surface area contributed by atoms with E-state index in [0.717, 1.165) is 21.2 Å². The number of aliphatic hydroxyl groups excluding tert-OH is 1. The van der Waals surface area contributed by atoms with Gasteiger partial charge >= 0.3 is 0 Å². The topological polar surface area (TPSA) is 89.4 Å². The number of carbonyl (C=O) groups excluding carboxylic acids is 1. The van der Waals surface area contributed by atoms with Crippen molar-refractivity contribution in [3.63, 3.8) is 0 Å². The molecule has 45 heavy (non-hydrogen) atoms. The first kappa shape index (κ1) is 32.8. The zero-order valence-corrected chi connectivity index (χ0v) is 27.7. The van der Waals surface area contributed by atoms with Crippen molar-refractivity contribution in [1.29, 1.82) is 0 Å². The molecular formula is C35H33BrCl2N2O5. The minimum atomic E-state index is -1.37. The highest BCUT2D eigenvalue weighted by molar-refractivity contribution is 9.10. The van der Waals surface area contributed by atoms with Crippen molar-refractivity contribution in [3.05, 3.63) is 128 Å². The highest BCUT2D eigenvalue weighted by Crippen LogP contribution is 2.44. The fourth-order valence-electron chi connectivity index (χ4n) is 5.21.